The third-order valence-electron chi connectivity index (χ3n) is 5.78. The van der Waals surface area contributed by atoms with Gasteiger partial charge in [-0.2, -0.15) is 0 Å². The molecule has 2 aliphatic rings. The molecule has 0 N–H and O–H groups in total. The van der Waals surface area contributed by atoms with Crippen LogP contribution in [0.4, 0.5) is 0 Å². The molecular formula is C24H31NO2. The SMILES string of the molecule is CC(C)(C)OCc1ccc(CN2CCC3(CC2)OCc2ccccc23)cc1. The number of hydrogen-bond donors (Lipinski definition) is 0. The van der Waals surface area contributed by atoms with Crippen LogP contribution < -0.4 is 0 Å². The Hall–Kier alpha value is -1.68. The summed E-state index contributed by atoms with van der Waals surface area (Å²) in [6.45, 7) is 10.9. The second-order valence-corrected chi connectivity index (χ2v) is 8.93. The first kappa shape index (κ1) is 18.7. The van der Waals surface area contributed by atoms with Crippen molar-refractivity contribution < 1.29 is 9.47 Å². The third kappa shape index (κ3) is 4.26. The van der Waals surface area contributed by atoms with Crippen molar-refractivity contribution in [3.8, 4) is 0 Å². The molecule has 0 unspecified atom stereocenters. The van der Waals surface area contributed by atoms with Crippen LogP contribution in [0.1, 0.15) is 55.9 Å². The van der Waals surface area contributed by atoms with Gasteiger partial charge in [0.25, 0.3) is 0 Å². The van der Waals surface area contributed by atoms with E-state index < -0.39 is 0 Å². The summed E-state index contributed by atoms with van der Waals surface area (Å²) < 4.78 is 12.1. The van der Waals surface area contributed by atoms with Crippen LogP contribution in [0.2, 0.25) is 0 Å². The van der Waals surface area contributed by atoms with E-state index in [2.05, 4.69) is 74.2 Å². The highest BCUT2D eigenvalue weighted by Gasteiger charge is 2.42. The van der Waals surface area contributed by atoms with Crippen LogP contribution in [-0.2, 0) is 34.8 Å². The number of fused-ring (bicyclic) bond motifs is 2. The molecule has 0 saturated carbocycles. The van der Waals surface area contributed by atoms with E-state index in [1.54, 1.807) is 0 Å². The lowest BCUT2D eigenvalue weighted by Gasteiger charge is -2.39. The fourth-order valence-electron chi connectivity index (χ4n) is 4.17. The quantitative estimate of drug-likeness (QED) is 0.759. The Morgan fingerprint density at radius 2 is 1.63 bits per heavy atom. The second-order valence-electron chi connectivity index (χ2n) is 8.93. The van der Waals surface area contributed by atoms with Crippen molar-refractivity contribution in [1.82, 2.24) is 4.90 Å². The minimum atomic E-state index is -0.0939. The molecule has 144 valence electrons. The number of rotatable bonds is 4. The maximum Gasteiger partial charge on any atom is 0.0963 e. The van der Waals surface area contributed by atoms with Gasteiger partial charge in [-0.25, -0.2) is 0 Å². The third-order valence-corrected chi connectivity index (χ3v) is 5.78. The van der Waals surface area contributed by atoms with E-state index in [1.165, 1.54) is 22.3 Å². The van der Waals surface area contributed by atoms with Gasteiger partial charge in [0.05, 0.1) is 24.4 Å². The summed E-state index contributed by atoms with van der Waals surface area (Å²) in [5.74, 6) is 0. The van der Waals surface area contributed by atoms with Gasteiger partial charge in [0.2, 0.25) is 0 Å². The summed E-state index contributed by atoms with van der Waals surface area (Å²) in [7, 11) is 0. The predicted molar refractivity (Wildman–Crippen MR) is 108 cm³/mol. The summed E-state index contributed by atoms with van der Waals surface area (Å²) in [6.07, 6.45) is 2.17. The molecule has 2 heterocycles. The van der Waals surface area contributed by atoms with E-state index >= 15 is 0 Å². The van der Waals surface area contributed by atoms with E-state index in [-0.39, 0.29) is 11.2 Å². The number of hydrogen-bond acceptors (Lipinski definition) is 3. The van der Waals surface area contributed by atoms with Gasteiger partial charge in [-0.05, 0) is 55.9 Å². The number of nitrogens with zero attached hydrogens (tertiary/aromatic N) is 1. The van der Waals surface area contributed by atoms with Crippen molar-refractivity contribution in [1.29, 1.82) is 0 Å². The fraction of sp³-hybridized carbons (Fsp3) is 0.500. The molecule has 3 heteroatoms. The molecule has 2 aliphatic heterocycles. The maximum absolute atomic E-state index is 6.28. The summed E-state index contributed by atoms with van der Waals surface area (Å²) in [5.41, 5.74) is 5.28. The van der Waals surface area contributed by atoms with Crippen molar-refractivity contribution in [2.45, 2.75) is 64.6 Å². The van der Waals surface area contributed by atoms with Gasteiger partial charge in [-0.1, -0.05) is 48.5 Å². The Balaban J connectivity index is 1.32. The average molecular weight is 366 g/mol. The van der Waals surface area contributed by atoms with Gasteiger partial charge >= 0.3 is 0 Å². The van der Waals surface area contributed by atoms with Crippen molar-refractivity contribution in [2.75, 3.05) is 13.1 Å². The van der Waals surface area contributed by atoms with Crippen LogP contribution in [0.15, 0.2) is 48.5 Å². The molecule has 27 heavy (non-hydrogen) atoms. The smallest absolute Gasteiger partial charge is 0.0963 e. The molecule has 1 saturated heterocycles. The molecule has 0 bridgehead atoms. The van der Waals surface area contributed by atoms with Gasteiger partial charge < -0.3 is 9.47 Å². The topological polar surface area (TPSA) is 21.7 Å². The van der Waals surface area contributed by atoms with Gasteiger partial charge in [0.15, 0.2) is 0 Å². The normalized spacial score (nSPS) is 19.4. The lowest BCUT2D eigenvalue weighted by Crippen LogP contribution is -2.42. The summed E-state index contributed by atoms with van der Waals surface area (Å²) in [6, 6.07) is 17.6. The maximum atomic E-state index is 6.28. The molecule has 4 rings (SSSR count). The largest absolute Gasteiger partial charge is 0.371 e. The molecule has 0 atom stereocenters. The standard InChI is InChI=1S/C24H31NO2/c1-23(2,3)26-17-20-10-8-19(9-11-20)16-25-14-12-24(13-15-25)22-7-5-4-6-21(22)18-27-24/h4-11H,12-18H2,1-3H3. The molecule has 2 aromatic carbocycles. The summed E-state index contributed by atoms with van der Waals surface area (Å²) in [5, 5.41) is 0. The first-order valence-corrected chi connectivity index (χ1v) is 10.1. The lowest BCUT2D eigenvalue weighted by molar-refractivity contribution is -0.0799. The molecule has 0 aromatic heterocycles. The average Bonchev–Trinajstić information content (AvgIpc) is 3.01. The van der Waals surface area contributed by atoms with Crippen LogP contribution in [-0.4, -0.2) is 23.6 Å². The zero-order chi connectivity index (χ0) is 18.9. The monoisotopic (exact) mass is 365 g/mol. The predicted octanol–water partition coefficient (Wildman–Crippen LogP) is 5.02. The molecule has 3 nitrogen and oxygen atoms in total. The highest BCUT2D eigenvalue weighted by molar-refractivity contribution is 5.36. The minimum absolute atomic E-state index is 0.0404. The molecule has 0 aliphatic carbocycles. The van der Waals surface area contributed by atoms with Gasteiger partial charge in [0, 0.05) is 19.6 Å². The molecule has 2 aromatic rings. The number of ether oxygens (including phenoxy) is 2. The zero-order valence-corrected chi connectivity index (χ0v) is 16.8. The number of benzene rings is 2. The van der Waals surface area contributed by atoms with E-state index in [9.17, 15) is 0 Å². The number of piperidine rings is 1. The van der Waals surface area contributed by atoms with Crippen molar-refractivity contribution in [3.05, 3.63) is 70.8 Å². The Morgan fingerprint density at radius 3 is 2.33 bits per heavy atom. The molecular weight excluding hydrogens is 334 g/mol. The first-order chi connectivity index (χ1) is 12.9. The number of likely N-dealkylation sites (tertiary alicyclic amines) is 1. The van der Waals surface area contributed by atoms with Crippen LogP contribution in [0.25, 0.3) is 0 Å². The second kappa shape index (κ2) is 7.38. The van der Waals surface area contributed by atoms with Crippen LogP contribution in [0.5, 0.6) is 0 Å². The highest BCUT2D eigenvalue weighted by atomic mass is 16.5. The summed E-state index contributed by atoms with van der Waals surface area (Å²) >= 11 is 0. The Labute approximate surface area is 163 Å². The minimum Gasteiger partial charge on any atom is -0.371 e. The Morgan fingerprint density at radius 1 is 0.963 bits per heavy atom. The molecule has 0 amide bonds. The van der Waals surface area contributed by atoms with Crippen LogP contribution >= 0.6 is 0 Å². The fourth-order valence-corrected chi connectivity index (χ4v) is 4.17. The zero-order valence-electron chi connectivity index (χ0n) is 16.8. The van der Waals surface area contributed by atoms with Gasteiger partial charge in [-0.3, -0.25) is 4.90 Å². The van der Waals surface area contributed by atoms with Gasteiger partial charge in [0.1, 0.15) is 0 Å². The summed E-state index contributed by atoms with van der Waals surface area (Å²) in [4.78, 5) is 2.55. The van der Waals surface area contributed by atoms with E-state index in [0.29, 0.717) is 6.61 Å². The van der Waals surface area contributed by atoms with Crippen molar-refractivity contribution in [3.63, 3.8) is 0 Å². The van der Waals surface area contributed by atoms with E-state index in [4.69, 9.17) is 9.47 Å². The molecule has 1 spiro atoms. The van der Waals surface area contributed by atoms with Gasteiger partial charge in [-0.15, -0.1) is 0 Å². The molecule has 1 fully saturated rings. The van der Waals surface area contributed by atoms with Crippen LogP contribution in [0.3, 0.4) is 0 Å². The van der Waals surface area contributed by atoms with E-state index in [1.807, 2.05) is 0 Å². The highest BCUT2D eigenvalue weighted by Crippen LogP contribution is 2.44. The first-order valence-electron chi connectivity index (χ1n) is 10.1. The van der Waals surface area contributed by atoms with Crippen LogP contribution in [0, 0.1) is 0 Å². The Kier molecular flexibility index (Phi) is 5.11. The Bertz CT molecular complexity index is 768. The van der Waals surface area contributed by atoms with E-state index in [0.717, 1.165) is 39.1 Å². The van der Waals surface area contributed by atoms with Crippen molar-refractivity contribution in [2.24, 2.45) is 0 Å². The van der Waals surface area contributed by atoms with Crippen molar-refractivity contribution >= 4 is 0 Å². The lowest BCUT2D eigenvalue weighted by atomic mass is 9.84. The molecule has 0 radical (unpaired) electrons.